The quantitative estimate of drug-likeness (QED) is 0.584. The predicted molar refractivity (Wildman–Crippen MR) is 91.9 cm³/mol. The third kappa shape index (κ3) is 4.57. The number of rotatable bonds is 8. The molecule has 0 saturated heterocycles. The van der Waals surface area contributed by atoms with Gasteiger partial charge in [-0.05, 0) is 41.5 Å². The van der Waals surface area contributed by atoms with Crippen molar-refractivity contribution in [2.75, 3.05) is 6.61 Å². The van der Waals surface area contributed by atoms with Gasteiger partial charge in [0.05, 0.1) is 6.10 Å². The van der Waals surface area contributed by atoms with Gasteiger partial charge in [0.2, 0.25) is 0 Å². The molecule has 0 spiro atoms. The summed E-state index contributed by atoms with van der Waals surface area (Å²) in [6.45, 7) is 7.61. The molecule has 0 aliphatic carbocycles. The fraction of sp³-hybridized carbons (Fsp3) is 0.500. The van der Waals surface area contributed by atoms with Gasteiger partial charge in [-0.1, -0.05) is 69.7 Å². The first-order chi connectivity index (χ1) is 10.2. The Balaban J connectivity index is 1.91. The van der Waals surface area contributed by atoms with Crippen molar-refractivity contribution < 1.29 is 4.74 Å². The van der Waals surface area contributed by atoms with Crippen molar-refractivity contribution in [1.82, 2.24) is 0 Å². The summed E-state index contributed by atoms with van der Waals surface area (Å²) in [6, 6.07) is 15.4. The maximum absolute atomic E-state index is 6.01. The van der Waals surface area contributed by atoms with Crippen LogP contribution >= 0.6 is 0 Å². The highest BCUT2D eigenvalue weighted by molar-refractivity contribution is 5.83. The van der Waals surface area contributed by atoms with Gasteiger partial charge in [-0.2, -0.15) is 0 Å². The molecule has 0 aromatic heterocycles. The Morgan fingerprint density at radius 2 is 1.71 bits per heavy atom. The van der Waals surface area contributed by atoms with E-state index in [2.05, 4.69) is 63.2 Å². The number of hydrogen-bond acceptors (Lipinski definition) is 1. The van der Waals surface area contributed by atoms with E-state index < -0.39 is 0 Å². The van der Waals surface area contributed by atoms with Gasteiger partial charge in [-0.15, -0.1) is 0 Å². The van der Waals surface area contributed by atoms with Gasteiger partial charge in [-0.25, -0.2) is 0 Å². The highest BCUT2D eigenvalue weighted by Gasteiger charge is 2.09. The summed E-state index contributed by atoms with van der Waals surface area (Å²) < 4.78 is 6.01. The smallest absolute Gasteiger partial charge is 0.0572 e. The van der Waals surface area contributed by atoms with Crippen LogP contribution in [0.25, 0.3) is 10.8 Å². The van der Waals surface area contributed by atoms with E-state index in [0.717, 1.165) is 19.4 Å². The lowest BCUT2D eigenvalue weighted by atomic mass is 9.95. The number of hydrogen-bond donors (Lipinski definition) is 0. The minimum Gasteiger partial charge on any atom is -0.378 e. The molecule has 0 N–H and O–H groups in total. The predicted octanol–water partition coefficient (Wildman–Crippen LogP) is 5.93. The molecule has 114 valence electrons. The van der Waals surface area contributed by atoms with E-state index >= 15 is 0 Å². The second kappa shape index (κ2) is 8.19. The first kappa shape index (κ1) is 16.0. The molecule has 0 heterocycles. The summed E-state index contributed by atoms with van der Waals surface area (Å²) in [7, 11) is 0. The number of ether oxygens (including phenoxy) is 1. The maximum Gasteiger partial charge on any atom is 0.0572 e. The Labute approximate surface area is 129 Å². The average Bonchev–Trinajstić information content (AvgIpc) is 2.53. The summed E-state index contributed by atoms with van der Waals surface area (Å²) >= 11 is 0. The minimum atomic E-state index is 0.443. The lowest BCUT2D eigenvalue weighted by Crippen LogP contribution is -2.13. The van der Waals surface area contributed by atoms with Gasteiger partial charge >= 0.3 is 0 Å². The topological polar surface area (TPSA) is 9.23 Å². The molecule has 0 saturated carbocycles. The standard InChI is InChI=1S/C20H28O/c1-4-8-20(5-2)21-14-13-16(3)18-12-11-17-9-6-7-10-19(17)15-18/h6-7,9-12,15-16,20H,4-5,8,13-14H2,1-3H3. The second-order valence-corrected chi connectivity index (χ2v) is 5.99. The van der Waals surface area contributed by atoms with E-state index in [1.54, 1.807) is 0 Å². The summed E-state index contributed by atoms with van der Waals surface area (Å²) in [6.07, 6.45) is 5.05. The van der Waals surface area contributed by atoms with Gasteiger partial charge in [0.25, 0.3) is 0 Å². The third-order valence-electron chi connectivity index (χ3n) is 4.31. The molecule has 2 aromatic carbocycles. The molecule has 1 nitrogen and oxygen atoms in total. The maximum atomic E-state index is 6.01. The van der Waals surface area contributed by atoms with Crippen molar-refractivity contribution in [3.05, 3.63) is 48.0 Å². The molecule has 2 aromatic rings. The van der Waals surface area contributed by atoms with Gasteiger partial charge in [0.1, 0.15) is 0 Å². The molecule has 0 radical (unpaired) electrons. The summed E-state index contributed by atoms with van der Waals surface area (Å²) in [5.41, 5.74) is 1.42. The van der Waals surface area contributed by atoms with Crippen LogP contribution in [0.4, 0.5) is 0 Å². The zero-order valence-corrected chi connectivity index (χ0v) is 13.6. The SMILES string of the molecule is CCCC(CC)OCCC(C)c1ccc2ccccc2c1. The van der Waals surface area contributed by atoms with Crippen molar-refractivity contribution in [2.24, 2.45) is 0 Å². The van der Waals surface area contributed by atoms with Crippen LogP contribution in [0.2, 0.25) is 0 Å². The van der Waals surface area contributed by atoms with Gasteiger partial charge in [-0.3, -0.25) is 0 Å². The summed E-state index contributed by atoms with van der Waals surface area (Å²) in [4.78, 5) is 0. The molecule has 0 amide bonds. The monoisotopic (exact) mass is 284 g/mol. The van der Waals surface area contributed by atoms with Gasteiger partial charge < -0.3 is 4.74 Å². The third-order valence-corrected chi connectivity index (χ3v) is 4.31. The fourth-order valence-corrected chi connectivity index (χ4v) is 2.82. The van der Waals surface area contributed by atoms with Crippen LogP contribution in [-0.2, 0) is 4.74 Å². The largest absolute Gasteiger partial charge is 0.378 e. The van der Waals surface area contributed by atoms with Crippen LogP contribution in [0.15, 0.2) is 42.5 Å². The highest BCUT2D eigenvalue weighted by atomic mass is 16.5. The van der Waals surface area contributed by atoms with Crippen LogP contribution in [0.1, 0.15) is 57.9 Å². The van der Waals surface area contributed by atoms with Crippen LogP contribution in [-0.4, -0.2) is 12.7 Å². The Hall–Kier alpha value is -1.34. The Morgan fingerprint density at radius 1 is 0.952 bits per heavy atom. The van der Waals surface area contributed by atoms with Crippen molar-refractivity contribution in [3.8, 4) is 0 Å². The minimum absolute atomic E-state index is 0.443. The molecular weight excluding hydrogens is 256 g/mol. The van der Waals surface area contributed by atoms with Crippen LogP contribution in [0.5, 0.6) is 0 Å². The zero-order chi connectivity index (χ0) is 15.1. The molecule has 0 bridgehead atoms. The van der Waals surface area contributed by atoms with Gasteiger partial charge in [0.15, 0.2) is 0 Å². The number of fused-ring (bicyclic) bond motifs is 1. The summed E-state index contributed by atoms with van der Waals surface area (Å²) in [5.74, 6) is 0.550. The van der Waals surface area contributed by atoms with Crippen molar-refractivity contribution in [1.29, 1.82) is 0 Å². The number of benzene rings is 2. The second-order valence-electron chi connectivity index (χ2n) is 5.99. The van der Waals surface area contributed by atoms with Gasteiger partial charge in [0, 0.05) is 6.61 Å². The van der Waals surface area contributed by atoms with Crippen molar-refractivity contribution in [3.63, 3.8) is 0 Å². The molecule has 0 fully saturated rings. The Bertz CT molecular complexity index is 546. The van der Waals surface area contributed by atoms with E-state index in [0.29, 0.717) is 12.0 Å². The molecule has 1 heteroatoms. The molecular formula is C20H28O. The fourth-order valence-electron chi connectivity index (χ4n) is 2.82. The van der Waals surface area contributed by atoms with E-state index in [-0.39, 0.29) is 0 Å². The van der Waals surface area contributed by atoms with E-state index in [9.17, 15) is 0 Å². The van der Waals surface area contributed by atoms with E-state index in [1.807, 2.05) is 0 Å². The first-order valence-corrected chi connectivity index (χ1v) is 8.34. The molecule has 0 aliphatic rings. The highest BCUT2D eigenvalue weighted by Crippen LogP contribution is 2.24. The molecule has 0 aliphatic heterocycles. The average molecular weight is 284 g/mol. The van der Waals surface area contributed by atoms with E-state index in [4.69, 9.17) is 4.74 Å². The summed E-state index contributed by atoms with van der Waals surface area (Å²) in [5, 5.41) is 2.65. The molecule has 21 heavy (non-hydrogen) atoms. The lowest BCUT2D eigenvalue weighted by Gasteiger charge is -2.18. The molecule has 2 atom stereocenters. The van der Waals surface area contributed by atoms with E-state index in [1.165, 1.54) is 29.2 Å². The Morgan fingerprint density at radius 3 is 2.43 bits per heavy atom. The van der Waals surface area contributed by atoms with Crippen molar-refractivity contribution in [2.45, 2.75) is 58.5 Å². The van der Waals surface area contributed by atoms with Crippen LogP contribution in [0.3, 0.4) is 0 Å². The van der Waals surface area contributed by atoms with Crippen LogP contribution in [0, 0.1) is 0 Å². The Kier molecular flexibility index (Phi) is 6.25. The van der Waals surface area contributed by atoms with Crippen LogP contribution < -0.4 is 0 Å². The zero-order valence-electron chi connectivity index (χ0n) is 13.6. The normalized spacial score (nSPS) is 14.2. The molecule has 2 unspecified atom stereocenters. The lowest BCUT2D eigenvalue weighted by molar-refractivity contribution is 0.0407. The van der Waals surface area contributed by atoms with Crippen molar-refractivity contribution >= 4 is 10.8 Å². The first-order valence-electron chi connectivity index (χ1n) is 8.34. The molecule has 2 rings (SSSR count).